The molecule has 0 radical (unpaired) electrons. The van der Waals surface area contributed by atoms with E-state index in [1.54, 1.807) is 0 Å². The quantitative estimate of drug-likeness (QED) is 0.0693. The highest BCUT2D eigenvalue weighted by Crippen LogP contribution is 2.29. The molecule has 0 aliphatic carbocycles. The van der Waals surface area contributed by atoms with Gasteiger partial charge in [-0.15, -0.1) is 0 Å². The van der Waals surface area contributed by atoms with Crippen LogP contribution in [0.1, 0.15) is 265 Å². The third kappa shape index (κ3) is 34.7. The lowest BCUT2D eigenvalue weighted by atomic mass is 9.85. The molecule has 1 N–H and O–H groups in total. The van der Waals surface area contributed by atoms with Gasteiger partial charge in [0.1, 0.15) is 0 Å². The molecular formula is C42H86O. The van der Waals surface area contributed by atoms with Crippen molar-refractivity contribution in [1.29, 1.82) is 0 Å². The van der Waals surface area contributed by atoms with Gasteiger partial charge < -0.3 is 5.11 Å². The van der Waals surface area contributed by atoms with Crippen LogP contribution in [-0.4, -0.2) is 10.7 Å². The van der Waals surface area contributed by atoms with Gasteiger partial charge in [-0.25, -0.2) is 0 Å². The van der Waals surface area contributed by atoms with Crippen LogP contribution in [0.2, 0.25) is 0 Å². The van der Waals surface area contributed by atoms with Crippen molar-refractivity contribution in [3.05, 3.63) is 0 Å². The molecule has 0 aromatic heterocycles. The molecule has 1 heteroatoms. The van der Waals surface area contributed by atoms with Crippen LogP contribution in [0.25, 0.3) is 0 Å². The first kappa shape index (κ1) is 43.0. The zero-order chi connectivity index (χ0) is 31.4. The van der Waals surface area contributed by atoms with Gasteiger partial charge in [0.2, 0.25) is 0 Å². The van der Waals surface area contributed by atoms with Crippen molar-refractivity contribution in [3.63, 3.8) is 0 Å². The summed E-state index contributed by atoms with van der Waals surface area (Å²) in [5, 5.41) is 11.7. The van der Waals surface area contributed by atoms with Crippen LogP contribution >= 0.6 is 0 Å². The molecule has 0 spiro atoms. The first-order valence-electron chi connectivity index (χ1n) is 20.9. The molecule has 0 saturated carbocycles. The average Bonchev–Trinajstić information content (AvgIpc) is 3.01. The van der Waals surface area contributed by atoms with E-state index in [4.69, 9.17) is 0 Å². The minimum Gasteiger partial charge on any atom is -0.390 e. The van der Waals surface area contributed by atoms with Gasteiger partial charge in [-0.05, 0) is 19.3 Å². The molecule has 260 valence electrons. The average molecular weight is 607 g/mol. The van der Waals surface area contributed by atoms with Crippen LogP contribution in [0.5, 0.6) is 0 Å². The van der Waals surface area contributed by atoms with E-state index in [-0.39, 0.29) is 5.60 Å². The van der Waals surface area contributed by atoms with Gasteiger partial charge in [-0.1, -0.05) is 245 Å². The molecule has 1 unspecified atom stereocenters. The molecular weight excluding hydrogens is 520 g/mol. The Balaban J connectivity index is 4.05. The van der Waals surface area contributed by atoms with Crippen molar-refractivity contribution in [2.24, 2.45) is 0 Å². The molecule has 0 rings (SSSR count). The second-order valence-corrected chi connectivity index (χ2v) is 14.8. The zero-order valence-electron chi connectivity index (χ0n) is 30.8. The zero-order valence-corrected chi connectivity index (χ0v) is 30.8. The fraction of sp³-hybridized carbons (Fsp3) is 1.00. The molecule has 0 aromatic rings. The molecule has 0 bridgehead atoms. The van der Waals surface area contributed by atoms with E-state index in [0.717, 1.165) is 19.3 Å². The standard InChI is InChI=1S/C42H86O/c1-4-7-10-13-16-19-22-24-26-29-32-35-38-41-42(43,39-36-33-30-27-21-18-15-12-9-6-3)40-37-34-31-28-25-23-20-17-14-11-8-5-2/h43H,4-41H2,1-3H3. The first-order valence-corrected chi connectivity index (χ1v) is 20.9. The highest BCUT2D eigenvalue weighted by molar-refractivity contribution is 4.78. The van der Waals surface area contributed by atoms with Gasteiger partial charge in [-0.2, -0.15) is 0 Å². The van der Waals surface area contributed by atoms with E-state index in [2.05, 4.69) is 20.8 Å². The molecule has 0 aromatic carbocycles. The van der Waals surface area contributed by atoms with Crippen LogP contribution in [-0.2, 0) is 0 Å². The summed E-state index contributed by atoms with van der Waals surface area (Å²) in [6, 6.07) is 0. The van der Waals surface area contributed by atoms with Crippen molar-refractivity contribution in [2.45, 2.75) is 270 Å². The minimum absolute atomic E-state index is 0.379. The number of rotatable bonds is 38. The molecule has 1 nitrogen and oxygen atoms in total. The summed E-state index contributed by atoms with van der Waals surface area (Å²) >= 11 is 0. The van der Waals surface area contributed by atoms with Crippen LogP contribution < -0.4 is 0 Å². The molecule has 0 aliphatic heterocycles. The third-order valence-electron chi connectivity index (χ3n) is 10.2. The Morgan fingerprint density at radius 1 is 0.233 bits per heavy atom. The number of aliphatic hydroxyl groups is 1. The fourth-order valence-corrected chi connectivity index (χ4v) is 7.08. The van der Waals surface area contributed by atoms with E-state index in [1.165, 1.54) is 225 Å². The summed E-state index contributed by atoms with van der Waals surface area (Å²) in [6.45, 7) is 6.91. The number of hydrogen-bond acceptors (Lipinski definition) is 1. The SMILES string of the molecule is CCCCCCCCCCCCCCCC(O)(CCCCCCCCCCCC)CCCCCCCCCCCCCC. The summed E-state index contributed by atoms with van der Waals surface area (Å²) in [5.74, 6) is 0. The first-order chi connectivity index (χ1) is 21.2. The van der Waals surface area contributed by atoms with Gasteiger partial charge >= 0.3 is 0 Å². The highest BCUT2D eigenvalue weighted by Gasteiger charge is 2.25. The summed E-state index contributed by atoms with van der Waals surface area (Å²) in [5.41, 5.74) is -0.379. The lowest BCUT2D eigenvalue weighted by molar-refractivity contribution is 0.00704. The molecule has 0 saturated heterocycles. The van der Waals surface area contributed by atoms with Crippen molar-refractivity contribution < 1.29 is 5.11 Å². The largest absolute Gasteiger partial charge is 0.390 e. The van der Waals surface area contributed by atoms with Crippen LogP contribution in [0.15, 0.2) is 0 Å². The Morgan fingerprint density at radius 2 is 0.372 bits per heavy atom. The third-order valence-corrected chi connectivity index (χ3v) is 10.2. The number of hydrogen-bond donors (Lipinski definition) is 1. The normalized spacial score (nSPS) is 13.1. The number of unbranched alkanes of at least 4 members (excludes halogenated alkanes) is 32. The molecule has 0 fully saturated rings. The van der Waals surface area contributed by atoms with Gasteiger partial charge in [0.15, 0.2) is 0 Å². The van der Waals surface area contributed by atoms with Crippen molar-refractivity contribution in [2.75, 3.05) is 0 Å². The Kier molecular flexibility index (Phi) is 36.4. The molecule has 0 aliphatic rings. The smallest absolute Gasteiger partial charge is 0.0647 e. The molecule has 43 heavy (non-hydrogen) atoms. The van der Waals surface area contributed by atoms with Gasteiger partial charge in [0.05, 0.1) is 5.60 Å². The van der Waals surface area contributed by atoms with Gasteiger partial charge in [0.25, 0.3) is 0 Å². The van der Waals surface area contributed by atoms with Crippen LogP contribution in [0.3, 0.4) is 0 Å². The van der Waals surface area contributed by atoms with Gasteiger partial charge in [0, 0.05) is 0 Å². The second-order valence-electron chi connectivity index (χ2n) is 14.8. The topological polar surface area (TPSA) is 20.2 Å². The Morgan fingerprint density at radius 3 is 0.535 bits per heavy atom. The van der Waals surface area contributed by atoms with Crippen molar-refractivity contribution >= 4 is 0 Å². The maximum Gasteiger partial charge on any atom is 0.0647 e. The predicted molar refractivity (Wildman–Crippen MR) is 197 cm³/mol. The van der Waals surface area contributed by atoms with E-state index in [0.29, 0.717) is 0 Å². The lowest BCUT2D eigenvalue weighted by Crippen LogP contribution is -2.28. The minimum atomic E-state index is -0.379. The fourth-order valence-electron chi connectivity index (χ4n) is 7.08. The molecule has 1 atom stereocenters. The van der Waals surface area contributed by atoms with Crippen LogP contribution in [0, 0.1) is 0 Å². The molecule has 0 amide bonds. The van der Waals surface area contributed by atoms with E-state index >= 15 is 0 Å². The summed E-state index contributed by atoms with van der Waals surface area (Å²) in [4.78, 5) is 0. The van der Waals surface area contributed by atoms with Gasteiger partial charge in [-0.3, -0.25) is 0 Å². The Bertz CT molecular complexity index is 487. The highest BCUT2D eigenvalue weighted by atomic mass is 16.3. The Hall–Kier alpha value is -0.0400. The van der Waals surface area contributed by atoms with Crippen LogP contribution in [0.4, 0.5) is 0 Å². The summed E-state index contributed by atoms with van der Waals surface area (Å²) in [6.07, 6.45) is 52.0. The van der Waals surface area contributed by atoms with Crippen molar-refractivity contribution in [3.8, 4) is 0 Å². The Labute approximate surface area is 274 Å². The predicted octanol–water partition coefficient (Wildman–Crippen LogP) is 15.6. The maximum absolute atomic E-state index is 11.7. The van der Waals surface area contributed by atoms with E-state index < -0.39 is 0 Å². The van der Waals surface area contributed by atoms with Crippen molar-refractivity contribution in [1.82, 2.24) is 0 Å². The monoisotopic (exact) mass is 607 g/mol. The summed E-state index contributed by atoms with van der Waals surface area (Å²) in [7, 11) is 0. The second kappa shape index (κ2) is 36.4. The lowest BCUT2D eigenvalue weighted by Gasteiger charge is -2.29. The summed E-state index contributed by atoms with van der Waals surface area (Å²) < 4.78 is 0. The maximum atomic E-state index is 11.7. The molecule has 0 heterocycles. The van der Waals surface area contributed by atoms with E-state index in [9.17, 15) is 5.11 Å². The van der Waals surface area contributed by atoms with E-state index in [1.807, 2.05) is 0 Å².